The molecule has 0 aliphatic carbocycles. The monoisotopic (exact) mass is 184 g/mol. The van der Waals surface area contributed by atoms with Gasteiger partial charge in [-0.25, -0.2) is 0 Å². The predicted octanol–water partition coefficient (Wildman–Crippen LogP) is 1.72. The summed E-state index contributed by atoms with van der Waals surface area (Å²) in [5, 5.41) is 3.21. The number of hydrogen-bond acceptors (Lipinski definition) is 2. The van der Waals surface area contributed by atoms with Crippen LogP contribution in [0.2, 0.25) is 0 Å². The molecule has 0 amide bonds. The second-order valence-electron chi connectivity index (χ2n) is 4.49. The Labute approximate surface area is 82.7 Å². The first kappa shape index (κ1) is 11.0. The van der Waals surface area contributed by atoms with Gasteiger partial charge in [-0.2, -0.15) is 0 Å². The lowest BCUT2D eigenvalue weighted by Crippen LogP contribution is -2.28. The second-order valence-corrected chi connectivity index (χ2v) is 4.49. The zero-order chi connectivity index (χ0) is 9.68. The van der Waals surface area contributed by atoms with Crippen LogP contribution in [0.4, 0.5) is 0 Å². The highest BCUT2D eigenvalue weighted by atomic mass is 15.2. The van der Waals surface area contributed by atoms with Crippen LogP contribution in [0.1, 0.15) is 33.1 Å². The van der Waals surface area contributed by atoms with Crippen molar-refractivity contribution in [2.45, 2.75) is 39.2 Å². The predicted molar refractivity (Wildman–Crippen MR) is 58.0 cm³/mol. The molecule has 13 heavy (non-hydrogen) atoms. The van der Waals surface area contributed by atoms with Crippen LogP contribution in [-0.4, -0.2) is 37.6 Å². The fourth-order valence-corrected chi connectivity index (χ4v) is 2.13. The van der Waals surface area contributed by atoms with E-state index in [1.807, 2.05) is 7.05 Å². The smallest absolute Gasteiger partial charge is 0.00387 e. The maximum atomic E-state index is 3.21. The van der Waals surface area contributed by atoms with Gasteiger partial charge in [-0.3, -0.25) is 0 Å². The highest BCUT2D eigenvalue weighted by molar-refractivity contribution is 4.77. The molecule has 0 radical (unpaired) electrons. The molecule has 1 rings (SSSR count). The molecule has 1 N–H and O–H groups in total. The van der Waals surface area contributed by atoms with E-state index in [0.29, 0.717) is 0 Å². The van der Waals surface area contributed by atoms with Gasteiger partial charge in [0.05, 0.1) is 0 Å². The molecule has 0 bridgehead atoms. The van der Waals surface area contributed by atoms with Crippen LogP contribution in [-0.2, 0) is 0 Å². The highest BCUT2D eigenvalue weighted by Crippen LogP contribution is 2.22. The summed E-state index contributed by atoms with van der Waals surface area (Å²) in [5.74, 6) is 0.968. The van der Waals surface area contributed by atoms with Crippen molar-refractivity contribution in [2.75, 3.05) is 26.7 Å². The van der Waals surface area contributed by atoms with E-state index in [0.717, 1.165) is 12.0 Å². The SMILES string of the molecule is CNCCCC1CCN(C(C)C)C1. The molecule has 2 nitrogen and oxygen atoms in total. The Morgan fingerprint density at radius 1 is 1.46 bits per heavy atom. The molecule has 2 heteroatoms. The van der Waals surface area contributed by atoms with Crippen LogP contribution in [0.3, 0.4) is 0 Å². The zero-order valence-electron chi connectivity index (χ0n) is 9.34. The van der Waals surface area contributed by atoms with Crippen molar-refractivity contribution in [1.29, 1.82) is 0 Å². The quantitative estimate of drug-likeness (QED) is 0.654. The van der Waals surface area contributed by atoms with E-state index in [1.165, 1.54) is 38.9 Å². The first-order chi connectivity index (χ1) is 6.24. The van der Waals surface area contributed by atoms with Crippen LogP contribution < -0.4 is 5.32 Å². The summed E-state index contributed by atoms with van der Waals surface area (Å²) in [4.78, 5) is 2.60. The maximum Gasteiger partial charge on any atom is 0.00387 e. The summed E-state index contributed by atoms with van der Waals surface area (Å²) >= 11 is 0. The van der Waals surface area contributed by atoms with Crippen molar-refractivity contribution >= 4 is 0 Å². The topological polar surface area (TPSA) is 15.3 Å². The third-order valence-electron chi connectivity index (χ3n) is 3.09. The molecule has 1 aliphatic rings. The fraction of sp³-hybridized carbons (Fsp3) is 1.00. The molecule has 1 fully saturated rings. The molecule has 78 valence electrons. The normalized spacial score (nSPS) is 24.5. The molecule has 0 saturated carbocycles. The zero-order valence-corrected chi connectivity index (χ0v) is 9.34. The lowest BCUT2D eigenvalue weighted by molar-refractivity contribution is 0.262. The Balaban J connectivity index is 2.10. The van der Waals surface area contributed by atoms with Crippen LogP contribution >= 0.6 is 0 Å². The van der Waals surface area contributed by atoms with Crippen LogP contribution in [0.15, 0.2) is 0 Å². The minimum Gasteiger partial charge on any atom is -0.320 e. The summed E-state index contributed by atoms with van der Waals surface area (Å²) in [6.45, 7) is 8.44. The molecule has 1 unspecified atom stereocenters. The van der Waals surface area contributed by atoms with Crippen molar-refractivity contribution in [3.63, 3.8) is 0 Å². The molecule has 0 aromatic heterocycles. The van der Waals surface area contributed by atoms with Crippen molar-refractivity contribution in [3.05, 3.63) is 0 Å². The molecule has 0 aromatic carbocycles. The van der Waals surface area contributed by atoms with Crippen molar-refractivity contribution in [2.24, 2.45) is 5.92 Å². The van der Waals surface area contributed by atoms with Gasteiger partial charge < -0.3 is 10.2 Å². The summed E-state index contributed by atoms with van der Waals surface area (Å²) in [6, 6.07) is 0.745. The molecule has 0 aromatic rings. The largest absolute Gasteiger partial charge is 0.320 e. The Morgan fingerprint density at radius 2 is 2.23 bits per heavy atom. The molecule has 1 atom stereocenters. The third kappa shape index (κ3) is 3.65. The van der Waals surface area contributed by atoms with Gasteiger partial charge in [-0.15, -0.1) is 0 Å². The Bertz CT molecular complexity index is 134. The molecule has 1 aliphatic heterocycles. The van der Waals surface area contributed by atoms with Crippen molar-refractivity contribution in [1.82, 2.24) is 10.2 Å². The van der Waals surface area contributed by atoms with Gasteiger partial charge in [0.25, 0.3) is 0 Å². The van der Waals surface area contributed by atoms with E-state index < -0.39 is 0 Å². The first-order valence-electron chi connectivity index (χ1n) is 5.62. The Kier molecular flexibility index (Phi) is 4.74. The molecular formula is C11H24N2. The summed E-state index contributed by atoms with van der Waals surface area (Å²) in [7, 11) is 2.04. The average molecular weight is 184 g/mol. The third-order valence-corrected chi connectivity index (χ3v) is 3.09. The Hall–Kier alpha value is -0.0800. The molecule has 1 heterocycles. The van der Waals surface area contributed by atoms with Crippen LogP contribution in [0, 0.1) is 5.92 Å². The highest BCUT2D eigenvalue weighted by Gasteiger charge is 2.23. The van der Waals surface area contributed by atoms with Crippen molar-refractivity contribution < 1.29 is 0 Å². The number of rotatable bonds is 5. The van der Waals surface area contributed by atoms with Crippen LogP contribution in [0.5, 0.6) is 0 Å². The lowest BCUT2D eigenvalue weighted by atomic mass is 10.0. The number of nitrogens with zero attached hydrogens (tertiary/aromatic N) is 1. The summed E-state index contributed by atoms with van der Waals surface area (Å²) in [5.41, 5.74) is 0. The average Bonchev–Trinajstić information content (AvgIpc) is 2.53. The number of likely N-dealkylation sites (tertiary alicyclic amines) is 1. The molecular weight excluding hydrogens is 160 g/mol. The van der Waals surface area contributed by atoms with E-state index in [-0.39, 0.29) is 0 Å². The Morgan fingerprint density at radius 3 is 2.77 bits per heavy atom. The van der Waals surface area contributed by atoms with Gasteiger partial charge in [0.2, 0.25) is 0 Å². The summed E-state index contributed by atoms with van der Waals surface area (Å²) < 4.78 is 0. The summed E-state index contributed by atoms with van der Waals surface area (Å²) in [6.07, 6.45) is 4.17. The minimum absolute atomic E-state index is 0.745. The fourth-order valence-electron chi connectivity index (χ4n) is 2.13. The molecule has 1 saturated heterocycles. The standard InChI is InChI=1S/C11H24N2/c1-10(2)13-8-6-11(9-13)5-4-7-12-3/h10-12H,4-9H2,1-3H3. The van der Waals surface area contributed by atoms with Gasteiger partial charge in [-0.1, -0.05) is 0 Å². The van der Waals surface area contributed by atoms with E-state index in [4.69, 9.17) is 0 Å². The second kappa shape index (κ2) is 5.61. The van der Waals surface area contributed by atoms with Gasteiger partial charge >= 0.3 is 0 Å². The van der Waals surface area contributed by atoms with Gasteiger partial charge in [0.15, 0.2) is 0 Å². The number of hydrogen-bond donors (Lipinski definition) is 1. The first-order valence-corrected chi connectivity index (χ1v) is 5.62. The van der Waals surface area contributed by atoms with Gasteiger partial charge in [-0.05, 0) is 59.2 Å². The van der Waals surface area contributed by atoms with E-state index in [9.17, 15) is 0 Å². The number of nitrogens with one attached hydrogen (secondary N) is 1. The van der Waals surface area contributed by atoms with Crippen molar-refractivity contribution in [3.8, 4) is 0 Å². The minimum atomic E-state index is 0.745. The van der Waals surface area contributed by atoms with E-state index in [1.54, 1.807) is 0 Å². The molecule has 0 spiro atoms. The van der Waals surface area contributed by atoms with Gasteiger partial charge in [0, 0.05) is 12.6 Å². The lowest BCUT2D eigenvalue weighted by Gasteiger charge is -2.20. The van der Waals surface area contributed by atoms with E-state index in [2.05, 4.69) is 24.1 Å². The van der Waals surface area contributed by atoms with Gasteiger partial charge in [0.1, 0.15) is 0 Å². The maximum absolute atomic E-state index is 3.21. The van der Waals surface area contributed by atoms with Crippen LogP contribution in [0.25, 0.3) is 0 Å². The van der Waals surface area contributed by atoms with E-state index >= 15 is 0 Å².